The van der Waals surface area contributed by atoms with Crippen molar-refractivity contribution in [2.75, 3.05) is 17.2 Å². The standard InChI is InChI=1S/C15H14ClFN2O/c1-10-4-2-7-13(16)15(10)18-9-14(20)19-12-6-3-5-11(17)8-12/h2-8,18H,9H2,1H3,(H,19,20). The molecule has 0 heterocycles. The van der Waals surface area contributed by atoms with E-state index in [0.717, 1.165) is 11.3 Å². The minimum Gasteiger partial charge on any atom is -0.375 e. The molecule has 0 bridgehead atoms. The number of aryl methyl sites for hydroxylation is 1. The van der Waals surface area contributed by atoms with E-state index in [9.17, 15) is 9.18 Å². The lowest BCUT2D eigenvalue weighted by Gasteiger charge is -2.11. The van der Waals surface area contributed by atoms with Gasteiger partial charge >= 0.3 is 0 Å². The second-order valence-corrected chi connectivity index (χ2v) is 4.75. The summed E-state index contributed by atoms with van der Waals surface area (Å²) in [5.74, 6) is -0.660. The summed E-state index contributed by atoms with van der Waals surface area (Å²) in [5, 5.41) is 6.14. The number of carbonyl (C=O) groups is 1. The third-order valence-corrected chi connectivity index (χ3v) is 3.07. The third kappa shape index (κ3) is 3.71. The Hall–Kier alpha value is -2.07. The van der Waals surface area contributed by atoms with Crippen LogP contribution in [0.3, 0.4) is 0 Å². The highest BCUT2D eigenvalue weighted by molar-refractivity contribution is 6.33. The fraction of sp³-hybridized carbons (Fsp3) is 0.133. The average molecular weight is 293 g/mol. The van der Waals surface area contributed by atoms with Crippen LogP contribution in [0, 0.1) is 12.7 Å². The zero-order valence-electron chi connectivity index (χ0n) is 10.9. The minimum atomic E-state index is -0.391. The molecule has 0 saturated heterocycles. The van der Waals surface area contributed by atoms with Crippen molar-refractivity contribution in [1.82, 2.24) is 0 Å². The number of hydrogen-bond donors (Lipinski definition) is 2. The molecule has 2 aromatic carbocycles. The van der Waals surface area contributed by atoms with E-state index in [-0.39, 0.29) is 12.5 Å². The van der Waals surface area contributed by atoms with Crippen LogP contribution in [0.5, 0.6) is 0 Å². The van der Waals surface area contributed by atoms with E-state index in [0.29, 0.717) is 10.7 Å². The van der Waals surface area contributed by atoms with E-state index in [1.807, 2.05) is 19.1 Å². The monoisotopic (exact) mass is 292 g/mol. The summed E-state index contributed by atoms with van der Waals surface area (Å²) in [4.78, 5) is 11.8. The maximum absolute atomic E-state index is 13.0. The fourth-order valence-electron chi connectivity index (χ4n) is 1.80. The highest BCUT2D eigenvalue weighted by atomic mass is 35.5. The Bertz CT molecular complexity index is 611. The van der Waals surface area contributed by atoms with Crippen LogP contribution in [0.25, 0.3) is 0 Å². The van der Waals surface area contributed by atoms with Crippen LogP contribution in [-0.2, 0) is 4.79 Å². The lowest BCUT2D eigenvalue weighted by molar-refractivity contribution is -0.114. The first-order valence-electron chi connectivity index (χ1n) is 6.10. The zero-order chi connectivity index (χ0) is 14.5. The van der Waals surface area contributed by atoms with Crippen LogP contribution in [0.1, 0.15) is 5.56 Å². The summed E-state index contributed by atoms with van der Waals surface area (Å²) in [6.45, 7) is 1.96. The van der Waals surface area contributed by atoms with Gasteiger partial charge in [-0.3, -0.25) is 4.79 Å². The number of para-hydroxylation sites is 1. The number of benzene rings is 2. The fourth-order valence-corrected chi connectivity index (χ4v) is 2.08. The quantitative estimate of drug-likeness (QED) is 0.899. The molecule has 104 valence electrons. The maximum atomic E-state index is 13.0. The molecule has 20 heavy (non-hydrogen) atoms. The topological polar surface area (TPSA) is 41.1 Å². The normalized spacial score (nSPS) is 10.2. The lowest BCUT2D eigenvalue weighted by atomic mass is 10.2. The Morgan fingerprint density at radius 1 is 1.25 bits per heavy atom. The van der Waals surface area contributed by atoms with Crippen molar-refractivity contribution in [1.29, 1.82) is 0 Å². The number of anilines is 2. The number of halogens is 2. The number of rotatable bonds is 4. The first-order chi connectivity index (χ1) is 9.56. The molecule has 3 nitrogen and oxygen atoms in total. The Morgan fingerprint density at radius 3 is 2.70 bits per heavy atom. The van der Waals surface area contributed by atoms with Crippen LogP contribution in [0.4, 0.5) is 15.8 Å². The molecule has 0 aliphatic carbocycles. The molecule has 2 rings (SSSR count). The molecule has 0 unspecified atom stereocenters. The van der Waals surface area contributed by atoms with E-state index in [2.05, 4.69) is 10.6 Å². The van der Waals surface area contributed by atoms with Gasteiger partial charge in [0.05, 0.1) is 17.3 Å². The number of hydrogen-bond acceptors (Lipinski definition) is 2. The van der Waals surface area contributed by atoms with Gasteiger partial charge < -0.3 is 10.6 Å². The minimum absolute atomic E-state index is 0.0566. The number of nitrogens with one attached hydrogen (secondary N) is 2. The number of carbonyl (C=O) groups excluding carboxylic acids is 1. The molecule has 0 aromatic heterocycles. The SMILES string of the molecule is Cc1cccc(Cl)c1NCC(=O)Nc1cccc(F)c1. The lowest BCUT2D eigenvalue weighted by Crippen LogP contribution is -2.22. The summed E-state index contributed by atoms with van der Waals surface area (Å²) < 4.78 is 13.0. The smallest absolute Gasteiger partial charge is 0.243 e. The van der Waals surface area contributed by atoms with Gasteiger partial charge in [0.2, 0.25) is 5.91 Å². The zero-order valence-corrected chi connectivity index (χ0v) is 11.7. The van der Waals surface area contributed by atoms with Crippen molar-refractivity contribution in [3.05, 3.63) is 58.9 Å². The van der Waals surface area contributed by atoms with E-state index in [1.54, 1.807) is 12.1 Å². The second kappa shape index (κ2) is 6.39. The van der Waals surface area contributed by atoms with Gasteiger partial charge in [0, 0.05) is 5.69 Å². The average Bonchev–Trinajstić information content (AvgIpc) is 2.38. The largest absolute Gasteiger partial charge is 0.375 e. The van der Waals surface area contributed by atoms with Crippen molar-refractivity contribution in [3.63, 3.8) is 0 Å². The Balaban J connectivity index is 1.96. The molecule has 0 fully saturated rings. The van der Waals surface area contributed by atoms with Gasteiger partial charge in [0.15, 0.2) is 0 Å². The second-order valence-electron chi connectivity index (χ2n) is 4.34. The molecule has 0 saturated carbocycles. The highest BCUT2D eigenvalue weighted by Crippen LogP contribution is 2.24. The summed E-state index contributed by atoms with van der Waals surface area (Å²) in [5.41, 5.74) is 2.10. The molecule has 2 aromatic rings. The Labute approximate surface area is 121 Å². The molecule has 1 amide bonds. The molecule has 0 atom stereocenters. The van der Waals surface area contributed by atoms with Gasteiger partial charge in [0.1, 0.15) is 5.82 Å². The van der Waals surface area contributed by atoms with E-state index < -0.39 is 5.82 Å². The van der Waals surface area contributed by atoms with Crippen LogP contribution in [0.15, 0.2) is 42.5 Å². The predicted octanol–water partition coefficient (Wildman–Crippen LogP) is 3.84. The van der Waals surface area contributed by atoms with Crippen molar-refractivity contribution >= 4 is 28.9 Å². The van der Waals surface area contributed by atoms with E-state index >= 15 is 0 Å². The maximum Gasteiger partial charge on any atom is 0.243 e. The van der Waals surface area contributed by atoms with Crippen molar-refractivity contribution in [3.8, 4) is 0 Å². The van der Waals surface area contributed by atoms with Crippen LogP contribution in [0.2, 0.25) is 5.02 Å². The first kappa shape index (κ1) is 14.3. The Morgan fingerprint density at radius 2 is 2.00 bits per heavy atom. The van der Waals surface area contributed by atoms with Gasteiger partial charge in [-0.1, -0.05) is 29.8 Å². The Kier molecular flexibility index (Phi) is 4.58. The van der Waals surface area contributed by atoms with Crippen LogP contribution in [-0.4, -0.2) is 12.5 Å². The number of amides is 1. The molecule has 0 radical (unpaired) electrons. The predicted molar refractivity (Wildman–Crippen MR) is 79.7 cm³/mol. The van der Waals surface area contributed by atoms with Crippen molar-refractivity contribution in [2.45, 2.75) is 6.92 Å². The van der Waals surface area contributed by atoms with Crippen LogP contribution >= 0.6 is 11.6 Å². The van der Waals surface area contributed by atoms with Crippen molar-refractivity contribution < 1.29 is 9.18 Å². The third-order valence-electron chi connectivity index (χ3n) is 2.76. The van der Waals surface area contributed by atoms with E-state index in [4.69, 9.17) is 11.6 Å². The summed E-state index contributed by atoms with van der Waals surface area (Å²) in [6, 6.07) is 11.2. The molecule has 0 aliphatic heterocycles. The molecule has 0 aliphatic rings. The molecular formula is C15H14ClFN2O. The van der Waals surface area contributed by atoms with Crippen molar-refractivity contribution in [2.24, 2.45) is 0 Å². The highest BCUT2D eigenvalue weighted by Gasteiger charge is 2.07. The van der Waals surface area contributed by atoms with Gasteiger partial charge in [0.25, 0.3) is 0 Å². The van der Waals surface area contributed by atoms with Gasteiger partial charge in [-0.2, -0.15) is 0 Å². The molecular weight excluding hydrogens is 279 g/mol. The molecule has 5 heteroatoms. The van der Waals surface area contributed by atoms with Crippen LogP contribution < -0.4 is 10.6 Å². The summed E-state index contributed by atoms with van der Waals surface area (Å²) >= 11 is 6.05. The molecule has 0 spiro atoms. The summed E-state index contributed by atoms with van der Waals surface area (Å²) in [7, 11) is 0. The van der Waals surface area contributed by atoms with Gasteiger partial charge in [-0.15, -0.1) is 0 Å². The van der Waals surface area contributed by atoms with E-state index in [1.165, 1.54) is 18.2 Å². The first-order valence-corrected chi connectivity index (χ1v) is 6.48. The summed E-state index contributed by atoms with van der Waals surface area (Å²) in [6.07, 6.45) is 0. The van der Waals surface area contributed by atoms with Gasteiger partial charge in [-0.05, 0) is 36.8 Å². The van der Waals surface area contributed by atoms with Gasteiger partial charge in [-0.25, -0.2) is 4.39 Å². The molecule has 2 N–H and O–H groups in total.